The van der Waals surface area contributed by atoms with Gasteiger partial charge in [-0.15, -0.1) is 0 Å². The lowest BCUT2D eigenvalue weighted by atomic mass is 10.1. The molecule has 0 saturated carbocycles. The molecule has 0 N–H and O–H groups in total. The lowest BCUT2D eigenvalue weighted by Crippen LogP contribution is -2.57. The van der Waals surface area contributed by atoms with Crippen LogP contribution in [-0.4, -0.2) is 50.1 Å². The van der Waals surface area contributed by atoms with Crippen LogP contribution in [0.25, 0.3) is 6.08 Å². The molecule has 1 heterocycles. The van der Waals surface area contributed by atoms with Crippen LogP contribution in [0, 0.1) is 0 Å². The predicted octanol–water partition coefficient (Wildman–Crippen LogP) is 2.72. The third-order valence-corrected chi connectivity index (χ3v) is 4.29. The molecule has 3 rings (SSSR count). The Labute approximate surface area is 162 Å². The quantitative estimate of drug-likeness (QED) is 0.569. The van der Waals surface area contributed by atoms with Crippen LogP contribution >= 0.6 is 0 Å². The van der Waals surface area contributed by atoms with Gasteiger partial charge in [-0.2, -0.15) is 0 Å². The Balaban J connectivity index is 2.03. The Morgan fingerprint density at radius 2 is 1.57 bits per heavy atom. The Kier molecular flexibility index (Phi) is 5.86. The summed E-state index contributed by atoms with van der Waals surface area (Å²) in [6.07, 6.45) is 1.48. The zero-order valence-electron chi connectivity index (χ0n) is 15.6. The average molecular weight is 380 g/mol. The number of amides is 4. The fourth-order valence-corrected chi connectivity index (χ4v) is 2.83. The van der Waals surface area contributed by atoms with Crippen LogP contribution in [0.1, 0.15) is 5.56 Å². The largest absolute Gasteiger partial charge is 0.497 e. The summed E-state index contributed by atoms with van der Waals surface area (Å²) in [5.74, 6) is -0.646. The second-order valence-electron chi connectivity index (χ2n) is 6.04. The molecule has 7 heteroatoms. The monoisotopic (exact) mass is 380 g/mol. The number of para-hydroxylation sites is 1. The molecule has 28 heavy (non-hydrogen) atoms. The van der Waals surface area contributed by atoms with Gasteiger partial charge < -0.3 is 9.47 Å². The van der Waals surface area contributed by atoms with Crippen LogP contribution in [0.15, 0.2) is 60.2 Å². The van der Waals surface area contributed by atoms with Crippen molar-refractivity contribution < 1.29 is 23.9 Å². The van der Waals surface area contributed by atoms with E-state index in [2.05, 4.69) is 0 Å². The lowest BCUT2D eigenvalue weighted by molar-refractivity contribution is -0.129. The predicted molar refractivity (Wildman–Crippen MR) is 104 cm³/mol. The first-order valence-corrected chi connectivity index (χ1v) is 8.67. The Bertz CT molecular complexity index is 906. The Morgan fingerprint density at radius 1 is 0.893 bits per heavy atom. The van der Waals surface area contributed by atoms with E-state index >= 15 is 0 Å². The lowest BCUT2D eigenvalue weighted by Gasteiger charge is -2.33. The molecule has 0 aliphatic carbocycles. The number of ether oxygens (including phenoxy) is 2. The van der Waals surface area contributed by atoms with Gasteiger partial charge in [-0.1, -0.05) is 30.3 Å². The molecule has 1 aliphatic heterocycles. The molecule has 0 spiro atoms. The van der Waals surface area contributed by atoms with Crippen molar-refractivity contribution in [2.75, 3.05) is 32.3 Å². The minimum absolute atomic E-state index is 0.0464. The zero-order valence-corrected chi connectivity index (χ0v) is 15.6. The molecule has 4 amide bonds. The maximum atomic E-state index is 13.0. The zero-order chi connectivity index (χ0) is 20.1. The summed E-state index contributed by atoms with van der Waals surface area (Å²) in [5, 5.41) is 0. The van der Waals surface area contributed by atoms with E-state index in [1.165, 1.54) is 13.2 Å². The summed E-state index contributed by atoms with van der Waals surface area (Å²) >= 11 is 0. The molecular weight excluding hydrogens is 360 g/mol. The maximum absolute atomic E-state index is 13.0. The number of methoxy groups -OCH3 is 2. The minimum atomic E-state index is -0.690. The fourth-order valence-electron chi connectivity index (χ4n) is 2.83. The number of anilines is 1. The van der Waals surface area contributed by atoms with Crippen molar-refractivity contribution in [3.8, 4) is 5.75 Å². The number of rotatable bonds is 6. The normalized spacial score (nSPS) is 16.1. The van der Waals surface area contributed by atoms with Gasteiger partial charge >= 0.3 is 6.03 Å². The summed E-state index contributed by atoms with van der Waals surface area (Å²) in [5.41, 5.74) is 0.948. The van der Waals surface area contributed by atoms with Gasteiger partial charge in [0.15, 0.2) is 0 Å². The highest BCUT2D eigenvalue weighted by atomic mass is 16.5. The highest BCUT2D eigenvalue weighted by Crippen LogP contribution is 2.26. The minimum Gasteiger partial charge on any atom is -0.497 e. The van der Waals surface area contributed by atoms with Gasteiger partial charge in [-0.05, 0) is 35.9 Å². The van der Waals surface area contributed by atoms with E-state index in [0.717, 1.165) is 9.80 Å². The van der Waals surface area contributed by atoms with Gasteiger partial charge in [0.25, 0.3) is 11.8 Å². The van der Waals surface area contributed by atoms with Crippen molar-refractivity contribution in [1.29, 1.82) is 0 Å². The standard InChI is InChI=1S/C21H20N2O5/c1-27-13-12-22-19(24)18(14-15-8-10-17(28-2)11-9-15)20(25)23(21(22)26)16-6-4-3-5-7-16/h3-11,14H,12-13H2,1-2H3/b18-14-. The Hall–Kier alpha value is -3.45. The fraction of sp³-hybridized carbons (Fsp3) is 0.190. The van der Waals surface area contributed by atoms with Crippen molar-refractivity contribution in [1.82, 2.24) is 4.90 Å². The first kappa shape index (κ1) is 19.3. The number of urea groups is 1. The highest BCUT2D eigenvalue weighted by Gasteiger charge is 2.42. The molecule has 0 atom stereocenters. The molecule has 2 aromatic rings. The van der Waals surface area contributed by atoms with Crippen molar-refractivity contribution >= 4 is 29.6 Å². The molecule has 0 aromatic heterocycles. The van der Waals surface area contributed by atoms with Crippen LogP contribution < -0.4 is 9.64 Å². The van der Waals surface area contributed by atoms with Crippen LogP contribution in [0.4, 0.5) is 10.5 Å². The first-order valence-electron chi connectivity index (χ1n) is 8.67. The average Bonchev–Trinajstić information content (AvgIpc) is 2.72. The van der Waals surface area contributed by atoms with E-state index < -0.39 is 17.8 Å². The van der Waals surface area contributed by atoms with Gasteiger partial charge in [0, 0.05) is 7.11 Å². The third-order valence-electron chi connectivity index (χ3n) is 4.29. The topological polar surface area (TPSA) is 76.2 Å². The van der Waals surface area contributed by atoms with Crippen molar-refractivity contribution in [3.05, 3.63) is 65.7 Å². The van der Waals surface area contributed by atoms with Crippen LogP contribution in [-0.2, 0) is 14.3 Å². The number of carbonyl (C=O) groups excluding carboxylic acids is 3. The molecule has 1 aliphatic rings. The number of nitrogens with zero attached hydrogens (tertiary/aromatic N) is 2. The van der Waals surface area contributed by atoms with Gasteiger partial charge in [-0.3, -0.25) is 14.5 Å². The number of barbiturate groups is 1. The number of hydrogen-bond acceptors (Lipinski definition) is 5. The molecular formula is C21H20N2O5. The number of carbonyl (C=O) groups is 3. The molecule has 2 aromatic carbocycles. The summed E-state index contributed by atoms with van der Waals surface area (Å²) in [6.45, 7) is 0.217. The SMILES string of the molecule is COCCN1C(=O)/C(=C/c2ccc(OC)cc2)C(=O)N(c2ccccc2)C1=O. The van der Waals surface area contributed by atoms with Gasteiger partial charge in [0.2, 0.25) is 0 Å². The van der Waals surface area contributed by atoms with Crippen LogP contribution in [0.3, 0.4) is 0 Å². The van der Waals surface area contributed by atoms with Gasteiger partial charge in [-0.25, -0.2) is 9.69 Å². The van der Waals surface area contributed by atoms with Crippen LogP contribution in [0.2, 0.25) is 0 Å². The summed E-state index contributed by atoms with van der Waals surface area (Å²) in [6, 6.07) is 14.7. The Morgan fingerprint density at radius 3 is 2.18 bits per heavy atom. The third kappa shape index (κ3) is 3.79. The number of hydrogen-bond donors (Lipinski definition) is 0. The van der Waals surface area contributed by atoms with Crippen molar-refractivity contribution in [2.45, 2.75) is 0 Å². The summed E-state index contributed by atoms with van der Waals surface area (Å²) in [4.78, 5) is 40.8. The highest BCUT2D eigenvalue weighted by molar-refractivity contribution is 6.39. The van der Waals surface area contributed by atoms with Crippen LogP contribution in [0.5, 0.6) is 5.75 Å². The van der Waals surface area contributed by atoms with Crippen molar-refractivity contribution in [2.24, 2.45) is 0 Å². The van der Waals surface area contributed by atoms with Crippen molar-refractivity contribution in [3.63, 3.8) is 0 Å². The van der Waals surface area contributed by atoms with E-state index in [1.54, 1.807) is 61.7 Å². The van der Waals surface area contributed by atoms with E-state index in [1.807, 2.05) is 0 Å². The second-order valence-corrected chi connectivity index (χ2v) is 6.04. The molecule has 7 nitrogen and oxygen atoms in total. The van der Waals surface area contributed by atoms with Gasteiger partial charge in [0.1, 0.15) is 11.3 Å². The molecule has 1 saturated heterocycles. The van der Waals surface area contributed by atoms with E-state index in [9.17, 15) is 14.4 Å². The van der Waals surface area contributed by atoms with E-state index in [0.29, 0.717) is 17.0 Å². The second kappa shape index (κ2) is 8.49. The molecule has 0 radical (unpaired) electrons. The maximum Gasteiger partial charge on any atom is 0.338 e. The first-order chi connectivity index (χ1) is 13.6. The molecule has 1 fully saturated rings. The summed E-state index contributed by atoms with van der Waals surface area (Å²) < 4.78 is 10.1. The smallest absolute Gasteiger partial charge is 0.338 e. The van der Waals surface area contributed by atoms with E-state index in [-0.39, 0.29) is 18.7 Å². The van der Waals surface area contributed by atoms with E-state index in [4.69, 9.17) is 9.47 Å². The molecule has 144 valence electrons. The number of imide groups is 2. The van der Waals surface area contributed by atoms with Gasteiger partial charge in [0.05, 0.1) is 25.9 Å². The summed E-state index contributed by atoms with van der Waals surface area (Å²) in [7, 11) is 3.03. The molecule has 0 unspecified atom stereocenters. The number of benzene rings is 2. The molecule has 0 bridgehead atoms.